The molecule has 2 aromatic heterocycles. The molecule has 0 fully saturated rings. The lowest BCUT2D eigenvalue weighted by Gasteiger charge is -2.16. The van der Waals surface area contributed by atoms with Crippen LogP contribution in [0.15, 0.2) is 67.3 Å². The molecule has 1 aliphatic rings. The Morgan fingerprint density at radius 1 is 1.10 bits per heavy atom. The first-order chi connectivity index (χ1) is 14.2. The highest BCUT2D eigenvalue weighted by Crippen LogP contribution is 2.27. The molecule has 1 atom stereocenters. The van der Waals surface area contributed by atoms with Gasteiger partial charge in [-0.1, -0.05) is 30.3 Å². The van der Waals surface area contributed by atoms with Gasteiger partial charge < -0.3 is 14.6 Å². The lowest BCUT2D eigenvalue weighted by atomic mass is 10.1. The molecule has 0 bridgehead atoms. The molecule has 3 heterocycles. The summed E-state index contributed by atoms with van der Waals surface area (Å²) in [5.74, 6) is 0.526. The second kappa shape index (κ2) is 7.05. The number of fused-ring (bicyclic) bond motifs is 2. The molecule has 1 N–H and O–H groups in total. The number of benzene rings is 2. The number of aromatic nitrogens is 3. The molecular formula is C23H20N4O2. The summed E-state index contributed by atoms with van der Waals surface area (Å²) in [6.45, 7) is 2.55. The fourth-order valence-corrected chi connectivity index (χ4v) is 3.71. The Labute approximate surface area is 168 Å². The minimum absolute atomic E-state index is 0.103. The van der Waals surface area contributed by atoms with E-state index in [-0.39, 0.29) is 12.0 Å². The highest BCUT2D eigenvalue weighted by atomic mass is 16.5. The van der Waals surface area contributed by atoms with Gasteiger partial charge in [0.15, 0.2) is 0 Å². The molecular weight excluding hydrogens is 364 g/mol. The minimum atomic E-state index is -0.256. The van der Waals surface area contributed by atoms with E-state index < -0.39 is 0 Å². The maximum atomic E-state index is 12.0. The molecule has 1 unspecified atom stereocenters. The first kappa shape index (κ1) is 17.4. The van der Waals surface area contributed by atoms with E-state index in [0.717, 1.165) is 34.4 Å². The fraction of sp³-hybridized carbons (Fsp3) is 0.174. The van der Waals surface area contributed by atoms with Crippen molar-refractivity contribution in [3.05, 3.63) is 83.9 Å². The van der Waals surface area contributed by atoms with Crippen molar-refractivity contribution >= 4 is 22.7 Å². The van der Waals surface area contributed by atoms with Crippen molar-refractivity contribution in [1.82, 2.24) is 14.5 Å². The van der Waals surface area contributed by atoms with Gasteiger partial charge in [-0.25, -0.2) is 14.8 Å². The summed E-state index contributed by atoms with van der Waals surface area (Å²) in [6.07, 6.45) is 6.15. The molecule has 1 aliphatic heterocycles. The van der Waals surface area contributed by atoms with E-state index in [9.17, 15) is 4.79 Å². The molecule has 5 rings (SSSR count). The van der Waals surface area contributed by atoms with Gasteiger partial charge in [-0.3, -0.25) is 0 Å². The van der Waals surface area contributed by atoms with Crippen molar-refractivity contribution < 1.29 is 9.53 Å². The van der Waals surface area contributed by atoms with Crippen LogP contribution < -0.4 is 5.32 Å². The Bertz CT molecular complexity index is 1200. The number of cyclic esters (lactones) is 1. The van der Waals surface area contributed by atoms with E-state index in [4.69, 9.17) is 4.74 Å². The van der Waals surface area contributed by atoms with Crippen LogP contribution in [0, 0.1) is 0 Å². The first-order valence-corrected chi connectivity index (χ1v) is 9.63. The van der Waals surface area contributed by atoms with Crippen molar-refractivity contribution in [2.24, 2.45) is 0 Å². The van der Waals surface area contributed by atoms with Crippen molar-refractivity contribution in [3.8, 4) is 5.69 Å². The number of rotatable bonds is 4. The summed E-state index contributed by atoms with van der Waals surface area (Å²) in [4.78, 5) is 20.9. The van der Waals surface area contributed by atoms with Gasteiger partial charge in [0.1, 0.15) is 12.1 Å². The fourth-order valence-electron chi connectivity index (χ4n) is 3.71. The Hall–Kier alpha value is -3.67. The largest absolute Gasteiger partial charge is 0.462 e. The smallest absolute Gasteiger partial charge is 0.339 e. The molecule has 29 heavy (non-hydrogen) atoms. The summed E-state index contributed by atoms with van der Waals surface area (Å²) >= 11 is 0. The van der Waals surface area contributed by atoms with Crippen molar-refractivity contribution in [2.75, 3.05) is 11.9 Å². The van der Waals surface area contributed by atoms with E-state index in [0.29, 0.717) is 12.2 Å². The van der Waals surface area contributed by atoms with E-state index in [1.54, 1.807) is 6.33 Å². The van der Waals surface area contributed by atoms with E-state index in [2.05, 4.69) is 34.3 Å². The van der Waals surface area contributed by atoms with Crippen LogP contribution in [0.3, 0.4) is 0 Å². The van der Waals surface area contributed by atoms with Crippen LogP contribution in [0.5, 0.6) is 0 Å². The number of carbonyl (C=O) groups is 1. The van der Waals surface area contributed by atoms with Crippen molar-refractivity contribution in [1.29, 1.82) is 0 Å². The van der Waals surface area contributed by atoms with Gasteiger partial charge in [-0.2, -0.15) is 0 Å². The van der Waals surface area contributed by atoms with E-state index in [1.165, 1.54) is 5.56 Å². The monoisotopic (exact) mass is 384 g/mol. The predicted molar refractivity (Wildman–Crippen MR) is 111 cm³/mol. The first-order valence-electron chi connectivity index (χ1n) is 9.63. The Balaban J connectivity index is 1.53. The van der Waals surface area contributed by atoms with Crippen LogP contribution in [-0.4, -0.2) is 27.1 Å². The molecule has 4 aromatic rings. The van der Waals surface area contributed by atoms with Crippen molar-refractivity contribution in [2.45, 2.75) is 19.4 Å². The zero-order chi connectivity index (χ0) is 19.8. The molecule has 6 nitrogen and oxygen atoms in total. The molecule has 0 radical (unpaired) electrons. The van der Waals surface area contributed by atoms with Crippen LogP contribution in [-0.2, 0) is 11.2 Å². The molecule has 0 saturated heterocycles. The average Bonchev–Trinajstić information content (AvgIpc) is 3.20. The highest BCUT2D eigenvalue weighted by molar-refractivity contribution is 5.93. The average molecular weight is 384 g/mol. The van der Waals surface area contributed by atoms with Gasteiger partial charge in [0, 0.05) is 35.9 Å². The molecule has 0 saturated carbocycles. The predicted octanol–water partition coefficient (Wildman–Crippen LogP) is 4.31. The number of hydrogen-bond donors (Lipinski definition) is 1. The maximum Gasteiger partial charge on any atom is 0.339 e. The normalized spacial score (nSPS) is 14.3. The second-order valence-corrected chi connectivity index (χ2v) is 7.19. The molecule has 6 heteroatoms. The third-order valence-electron chi connectivity index (χ3n) is 5.30. The Morgan fingerprint density at radius 2 is 1.97 bits per heavy atom. The van der Waals surface area contributed by atoms with E-state index in [1.807, 2.05) is 53.4 Å². The molecule has 0 amide bonds. The SMILES string of the molecule is CC(Nc1ncnc2ccc(-n3cc4c(c3)C(=O)OCC4)cc12)c1ccccc1. The molecule has 0 aliphatic carbocycles. The Morgan fingerprint density at radius 3 is 2.79 bits per heavy atom. The number of esters is 1. The number of carbonyl (C=O) groups excluding carboxylic acids is 1. The van der Waals surface area contributed by atoms with Crippen LogP contribution in [0.25, 0.3) is 16.6 Å². The molecule has 144 valence electrons. The van der Waals surface area contributed by atoms with E-state index >= 15 is 0 Å². The topological polar surface area (TPSA) is 69.0 Å². The lowest BCUT2D eigenvalue weighted by Crippen LogP contribution is -2.15. The zero-order valence-electron chi connectivity index (χ0n) is 16.0. The second-order valence-electron chi connectivity index (χ2n) is 7.19. The van der Waals surface area contributed by atoms with Gasteiger partial charge in [0.05, 0.1) is 17.7 Å². The summed E-state index contributed by atoms with van der Waals surface area (Å²) in [6, 6.07) is 16.4. The highest BCUT2D eigenvalue weighted by Gasteiger charge is 2.21. The van der Waals surface area contributed by atoms with Crippen LogP contribution in [0.2, 0.25) is 0 Å². The van der Waals surface area contributed by atoms with Gasteiger partial charge in [-0.05, 0) is 36.2 Å². The van der Waals surface area contributed by atoms with Crippen LogP contribution in [0.4, 0.5) is 5.82 Å². The number of anilines is 1. The third-order valence-corrected chi connectivity index (χ3v) is 5.30. The third kappa shape index (κ3) is 3.23. The summed E-state index contributed by atoms with van der Waals surface area (Å²) in [7, 11) is 0. The number of hydrogen-bond acceptors (Lipinski definition) is 5. The summed E-state index contributed by atoms with van der Waals surface area (Å²) < 4.78 is 7.11. The summed E-state index contributed by atoms with van der Waals surface area (Å²) in [5.41, 5.74) is 4.65. The zero-order valence-corrected chi connectivity index (χ0v) is 16.0. The van der Waals surface area contributed by atoms with Gasteiger partial charge >= 0.3 is 5.97 Å². The van der Waals surface area contributed by atoms with Crippen LogP contribution >= 0.6 is 0 Å². The number of ether oxygens (including phenoxy) is 1. The summed E-state index contributed by atoms with van der Waals surface area (Å²) in [5, 5.41) is 4.43. The van der Waals surface area contributed by atoms with Gasteiger partial charge in [0.2, 0.25) is 0 Å². The lowest BCUT2D eigenvalue weighted by molar-refractivity contribution is 0.0481. The van der Waals surface area contributed by atoms with Crippen molar-refractivity contribution in [3.63, 3.8) is 0 Å². The van der Waals surface area contributed by atoms with Gasteiger partial charge in [0.25, 0.3) is 0 Å². The van der Waals surface area contributed by atoms with Crippen LogP contribution in [0.1, 0.15) is 34.5 Å². The number of nitrogens with one attached hydrogen (secondary N) is 1. The standard InChI is InChI=1S/C23H20N4O2/c1-15(16-5-3-2-4-6-16)26-22-19-11-18(7-8-21(19)24-14-25-22)27-12-17-9-10-29-23(28)20(17)13-27/h2-8,11-15H,9-10H2,1H3,(H,24,25,26). The quantitative estimate of drug-likeness (QED) is 0.531. The Kier molecular flexibility index (Phi) is 4.24. The number of nitrogens with zero attached hydrogens (tertiary/aromatic N) is 3. The molecule has 2 aromatic carbocycles. The molecule has 0 spiro atoms. The maximum absolute atomic E-state index is 12.0. The van der Waals surface area contributed by atoms with Gasteiger partial charge in [-0.15, -0.1) is 0 Å². The minimum Gasteiger partial charge on any atom is -0.462 e.